The maximum Gasteiger partial charge on any atom is 0.326 e. The molecule has 2 saturated heterocycles. The highest BCUT2D eigenvalue weighted by molar-refractivity contribution is 8.04. The number of aromatic nitrogens is 2. The summed E-state index contributed by atoms with van der Waals surface area (Å²) in [5.41, 5.74) is 2.98. The Morgan fingerprint density at radius 3 is 2.76 bits per heavy atom. The number of nitrogens with one attached hydrogen (secondary N) is 4. The summed E-state index contributed by atoms with van der Waals surface area (Å²) in [5.74, 6) is 0.500. The van der Waals surface area contributed by atoms with E-state index in [4.69, 9.17) is 4.74 Å². The third kappa shape index (κ3) is 5.17. The Bertz CT molecular complexity index is 1450. The van der Waals surface area contributed by atoms with E-state index >= 15 is 0 Å². The standard InChI is InChI=1S/C29H33N7O4S/c1-4-22(37)33-17-7-5-8-18(17)34-27(38)26-25-24-19(10-12-31-28(24)41-26)36(29(39)35-25)20-14-32-23(13-15(20)2)40-21-9-6-11-30-16(21)3/h4,6,9,11,13-14,17-19,24,28,31H,1,5,7-8,10,12H2,2-3H3,(H,33,37)(H,34,38)(H,35,39)/t17-,18+,19?,24?,28?/m0/s1. The van der Waals surface area contributed by atoms with Gasteiger partial charge in [0.05, 0.1) is 33.9 Å². The molecule has 4 amide bonds. The van der Waals surface area contributed by atoms with Crippen molar-refractivity contribution in [2.45, 2.75) is 63.0 Å². The summed E-state index contributed by atoms with van der Waals surface area (Å²) in [6.45, 7) is 8.04. The number of urea groups is 1. The van der Waals surface area contributed by atoms with Gasteiger partial charge in [0.2, 0.25) is 11.8 Å². The third-order valence-electron chi connectivity index (χ3n) is 8.18. The number of anilines is 1. The number of thioether (sulfide) groups is 1. The van der Waals surface area contributed by atoms with Crippen molar-refractivity contribution < 1.29 is 19.1 Å². The van der Waals surface area contributed by atoms with Gasteiger partial charge >= 0.3 is 6.03 Å². The van der Waals surface area contributed by atoms with Gasteiger partial charge in [-0.05, 0) is 69.8 Å². The highest BCUT2D eigenvalue weighted by Crippen LogP contribution is 2.48. The Labute approximate surface area is 242 Å². The molecule has 0 radical (unpaired) electrons. The molecule has 11 nitrogen and oxygen atoms in total. The third-order valence-corrected chi connectivity index (χ3v) is 9.54. The zero-order chi connectivity index (χ0) is 28.7. The van der Waals surface area contributed by atoms with Crippen molar-refractivity contribution >= 4 is 35.3 Å². The van der Waals surface area contributed by atoms with Crippen molar-refractivity contribution in [2.75, 3.05) is 11.4 Å². The molecular weight excluding hydrogens is 542 g/mol. The minimum absolute atomic E-state index is 0.0446. The lowest BCUT2D eigenvalue weighted by molar-refractivity contribution is -0.119. The molecule has 41 heavy (non-hydrogen) atoms. The van der Waals surface area contributed by atoms with Crippen molar-refractivity contribution in [1.29, 1.82) is 0 Å². The highest BCUT2D eigenvalue weighted by Gasteiger charge is 2.52. The monoisotopic (exact) mass is 575 g/mol. The second-order valence-corrected chi connectivity index (χ2v) is 11.9. The maximum atomic E-state index is 13.6. The molecular formula is C29H33N7O4S. The van der Waals surface area contributed by atoms with Crippen LogP contribution < -0.4 is 30.9 Å². The minimum Gasteiger partial charge on any atom is -0.437 e. The molecule has 5 atom stereocenters. The summed E-state index contributed by atoms with van der Waals surface area (Å²) in [7, 11) is 0. The fraction of sp³-hybridized carbons (Fsp3) is 0.414. The van der Waals surface area contributed by atoms with E-state index < -0.39 is 0 Å². The number of aryl methyl sites for hydroxylation is 2. The molecule has 1 saturated carbocycles. The van der Waals surface area contributed by atoms with E-state index in [2.05, 4.69) is 37.8 Å². The van der Waals surface area contributed by atoms with Crippen LogP contribution in [0.2, 0.25) is 0 Å². The Morgan fingerprint density at radius 1 is 1.20 bits per heavy atom. The fourth-order valence-electron chi connectivity index (χ4n) is 6.20. The van der Waals surface area contributed by atoms with Crippen LogP contribution >= 0.6 is 11.8 Å². The van der Waals surface area contributed by atoms with Gasteiger partial charge in [0.15, 0.2) is 5.75 Å². The SMILES string of the molecule is C=CC(=O)N[C@H]1CCC[C@H]1NC(=O)C1=C2NC(=O)N(c3cnc(Oc4cccnc4C)cc3C)C3CCNC(S1)C23. The zero-order valence-corrected chi connectivity index (χ0v) is 23.8. The predicted molar refractivity (Wildman–Crippen MR) is 155 cm³/mol. The molecule has 4 N–H and O–H groups in total. The average molecular weight is 576 g/mol. The van der Waals surface area contributed by atoms with E-state index in [9.17, 15) is 14.4 Å². The highest BCUT2D eigenvalue weighted by atomic mass is 32.2. The second-order valence-electron chi connectivity index (χ2n) is 10.7. The molecule has 3 fully saturated rings. The van der Waals surface area contributed by atoms with Crippen LogP contribution in [0.1, 0.15) is 36.9 Å². The number of rotatable bonds is 7. The van der Waals surface area contributed by atoms with Crippen molar-refractivity contribution in [1.82, 2.24) is 31.2 Å². The first kappa shape index (κ1) is 27.3. The summed E-state index contributed by atoms with van der Waals surface area (Å²) >= 11 is 1.46. The number of pyridine rings is 2. The quantitative estimate of drug-likeness (QED) is 0.370. The normalized spacial score (nSPS) is 26.7. The topological polar surface area (TPSA) is 138 Å². The molecule has 5 heterocycles. The number of nitrogens with zero attached hydrogens (tertiary/aromatic N) is 3. The average Bonchev–Trinajstić information content (AvgIpc) is 3.55. The van der Waals surface area contributed by atoms with Crippen LogP contribution in [0.15, 0.2) is 53.8 Å². The van der Waals surface area contributed by atoms with Gasteiger partial charge in [-0.25, -0.2) is 9.78 Å². The van der Waals surface area contributed by atoms with E-state index in [0.29, 0.717) is 27.9 Å². The van der Waals surface area contributed by atoms with Gasteiger partial charge in [0.1, 0.15) is 0 Å². The lowest BCUT2D eigenvalue weighted by Gasteiger charge is -2.46. The summed E-state index contributed by atoms with van der Waals surface area (Å²) in [6.07, 6.45) is 7.84. The molecule has 3 unspecified atom stereocenters. The molecule has 0 bridgehead atoms. The molecule has 6 rings (SSSR count). The molecule has 0 aromatic carbocycles. The number of amides is 4. The van der Waals surface area contributed by atoms with E-state index in [0.717, 1.165) is 43.5 Å². The molecule has 1 aliphatic carbocycles. The predicted octanol–water partition coefficient (Wildman–Crippen LogP) is 3.02. The summed E-state index contributed by atoms with van der Waals surface area (Å²) in [4.78, 5) is 50.1. The summed E-state index contributed by atoms with van der Waals surface area (Å²) in [5, 5.41) is 12.6. The van der Waals surface area contributed by atoms with Gasteiger partial charge in [-0.15, -0.1) is 0 Å². The minimum atomic E-state index is -0.284. The van der Waals surface area contributed by atoms with E-state index in [1.54, 1.807) is 23.4 Å². The van der Waals surface area contributed by atoms with Crippen LogP contribution in [0.4, 0.5) is 10.5 Å². The first-order valence-corrected chi connectivity index (χ1v) is 14.8. The second kappa shape index (κ2) is 11.2. The van der Waals surface area contributed by atoms with Crippen LogP contribution in [-0.2, 0) is 9.59 Å². The number of hydrogen-bond donors (Lipinski definition) is 4. The van der Waals surface area contributed by atoms with Gasteiger partial charge in [-0.3, -0.25) is 19.5 Å². The summed E-state index contributed by atoms with van der Waals surface area (Å²) in [6, 6.07) is 4.73. The number of carbonyl (C=O) groups excluding carboxylic acids is 3. The molecule has 214 valence electrons. The van der Waals surface area contributed by atoms with Gasteiger partial charge in [-0.2, -0.15) is 0 Å². The molecule has 2 aromatic rings. The van der Waals surface area contributed by atoms with Gasteiger partial charge in [0, 0.05) is 36.0 Å². The molecule has 2 aromatic heterocycles. The lowest BCUT2D eigenvalue weighted by Crippen LogP contribution is -2.62. The molecule has 0 spiro atoms. The summed E-state index contributed by atoms with van der Waals surface area (Å²) < 4.78 is 5.95. The van der Waals surface area contributed by atoms with E-state index in [1.807, 2.05) is 26.0 Å². The van der Waals surface area contributed by atoms with Gasteiger partial charge in [0.25, 0.3) is 5.91 Å². The van der Waals surface area contributed by atoms with Crippen LogP contribution in [0.3, 0.4) is 0 Å². The number of carbonyl (C=O) groups is 3. The van der Waals surface area contributed by atoms with Crippen LogP contribution in [-0.4, -0.2) is 57.9 Å². The molecule has 4 aliphatic rings. The van der Waals surface area contributed by atoms with E-state index in [1.165, 1.54) is 17.8 Å². The Morgan fingerprint density at radius 2 is 2.00 bits per heavy atom. The lowest BCUT2D eigenvalue weighted by atomic mass is 9.86. The van der Waals surface area contributed by atoms with Crippen LogP contribution in [0.5, 0.6) is 11.6 Å². The maximum absolute atomic E-state index is 13.6. The van der Waals surface area contributed by atoms with Crippen molar-refractivity contribution in [3.63, 3.8) is 0 Å². The van der Waals surface area contributed by atoms with Gasteiger partial charge < -0.3 is 26.0 Å². The fourth-order valence-corrected chi connectivity index (χ4v) is 7.60. The Hall–Kier alpha value is -3.90. The van der Waals surface area contributed by atoms with Gasteiger partial charge in [-0.1, -0.05) is 18.3 Å². The Kier molecular flexibility index (Phi) is 7.43. The van der Waals surface area contributed by atoms with Crippen molar-refractivity contribution in [3.05, 3.63) is 65.1 Å². The first-order chi connectivity index (χ1) is 19.8. The Balaban J connectivity index is 1.23. The first-order valence-electron chi connectivity index (χ1n) is 13.9. The van der Waals surface area contributed by atoms with Crippen molar-refractivity contribution in [2.24, 2.45) is 5.92 Å². The largest absolute Gasteiger partial charge is 0.437 e. The number of piperidine rings is 1. The smallest absolute Gasteiger partial charge is 0.326 e. The number of hydrogen-bond acceptors (Lipinski definition) is 8. The van der Waals surface area contributed by atoms with Crippen LogP contribution in [0.25, 0.3) is 0 Å². The van der Waals surface area contributed by atoms with Crippen LogP contribution in [0, 0.1) is 19.8 Å². The molecule has 3 aliphatic heterocycles. The van der Waals surface area contributed by atoms with E-state index in [-0.39, 0.29) is 47.3 Å². The molecule has 12 heteroatoms. The number of ether oxygens (including phenoxy) is 1. The zero-order valence-electron chi connectivity index (χ0n) is 23.0. The van der Waals surface area contributed by atoms with Crippen molar-refractivity contribution in [3.8, 4) is 11.6 Å².